The molecule has 5 rings (SSSR count). The molecule has 0 radical (unpaired) electrons. The van der Waals surface area contributed by atoms with Crippen LogP contribution in [-0.2, 0) is 13.5 Å². The minimum atomic E-state index is -0.842. The highest BCUT2D eigenvalue weighted by molar-refractivity contribution is 6.07. The molecule has 0 spiro atoms. The van der Waals surface area contributed by atoms with Crippen LogP contribution in [0.3, 0.4) is 0 Å². The predicted octanol–water partition coefficient (Wildman–Crippen LogP) is 3.38. The zero-order valence-electron chi connectivity index (χ0n) is 19.2. The Morgan fingerprint density at radius 2 is 2.09 bits per heavy atom. The summed E-state index contributed by atoms with van der Waals surface area (Å²) in [6, 6.07) is 10.6. The van der Waals surface area contributed by atoms with E-state index in [0.717, 1.165) is 58.5 Å². The number of aryl methyl sites for hydroxylation is 1. The molecule has 3 aromatic heterocycles. The molecule has 1 unspecified atom stereocenters. The first-order valence-electron chi connectivity index (χ1n) is 11.2. The van der Waals surface area contributed by atoms with Crippen molar-refractivity contribution >= 4 is 34.0 Å². The number of hydrogen-bond donors (Lipinski definition) is 3. The number of carboxylic acid groups (broad SMARTS) is 1. The largest absolute Gasteiger partial charge is 0.465 e. The van der Waals surface area contributed by atoms with Crippen molar-refractivity contribution in [2.75, 3.05) is 39.0 Å². The van der Waals surface area contributed by atoms with Crippen LogP contribution in [-0.4, -0.2) is 80.3 Å². The lowest BCUT2D eigenvalue weighted by Gasteiger charge is -2.28. The molecule has 1 aromatic carbocycles. The van der Waals surface area contributed by atoms with Crippen LogP contribution in [0, 0.1) is 0 Å². The smallest absolute Gasteiger partial charge is 0.407 e. The molecule has 4 aromatic rings. The van der Waals surface area contributed by atoms with Gasteiger partial charge >= 0.3 is 6.09 Å². The summed E-state index contributed by atoms with van der Waals surface area (Å²) in [5.74, 6) is 0.744. The number of amides is 1. The second kappa shape index (κ2) is 8.40. The van der Waals surface area contributed by atoms with E-state index in [0.29, 0.717) is 13.1 Å². The summed E-state index contributed by atoms with van der Waals surface area (Å²) in [7, 11) is 5.93. The highest BCUT2D eigenvalue weighted by Gasteiger charge is 2.26. The van der Waals surface area contributed by atoms with E-state index < -0.39 is 6.09 Å². The highest BCUT2D eigenvalue weighted by Crippen LogP contribution is 2.33. The topological polar surface area (TPSA) is 102 Å². The number of aromatic nitrogens is 4. The fraction of sp³-hybridized carbons (Fsp3) is 0.375. The molecule has 1 saturated heterocycles. The van der Waals surface area contributed by atoms with Crippen LogP contribution >= 0.6 is 0 Å². The molecule has 1 aliphatic rings. The number of nitrogens with one attached hydrogen (secondary N) is 2. The van der Waals surface area contributed by atoms with Gasteiger partial charge in [-0.2, -0.15) is 0 Å². The van der Waals surface area contributed by atoms with Gasteiger partial charge in [0.25, 0.3) is 0 Å². The first kappa shape index (κ1) is 21.3. The third kappa shape index (κ3) is 3.78. The average Bonchev–Trinajstić information content (AvgIpc) is 3.35. The van der Waals surface area contributed by atoms with Gasteiger partial charge in [-0.3, -0.25) is 0 Å². The second-order valence-corrected chi connectivity index (χ2v) is 8.79. The number of anilines is 1. The van der Waals surface area contributed by atoms with Gasteiger partial charge in [0.15, 0.2) is 5.82 Å². The zero-order chi connectivity index (χ0) is 23.1. The molecule has 0 saturated carbocycles. The number of aromatic amines is 1. The van der Waals surface area contributed by atoms with Crippen molar-refractivity contribution in [3.63, 3.8) is 0 Å². The zero-order valence-corrected chi connectivity index (χ0v) is 19.2. The third-order valence-electron chi connectivity index (χ3n) is 6.70. The normalized spacial score (nSPS) is 17.5. The van der Waals surface area contributed by atoms with Gasteiger partial charge in [-0.15, -0.1) is 0 Å². The molecule has 9 heteroatoms. The van der Waals surface area contributed by atoms with Gasteiger partial charge in [-0.25, -0.2) is 14.8 Å². The Kier molecular flexibility index (Phi) is 5.41. The van der Waals surface area contributed by atoms with E-state index in [1.54, 1.807) is 4.90 Å². The number of nitrogens with zero attached hydrogens (tertiary/aromatic N) is 5. The van der Waals surface area contributed by atoms with Crippen molar-refractivity contribution < 1.29 is 9.90 Å². The number of H-pyrrole nitrogens is 1. The van der Waals surface area contributed by atoms with Crippen LogP contribution in [0.15, 0.2) is 36.7 Å². The molecular weight excluding hydrogens is 418 g/mol. The fourth-order valence-electron chi connectivity index (χ4n) is 4.91. The Hall–Kier alpha value is -3.59. The first-order chi connectivity index (χ1) is 16.0. The van der Waals surface area contributed by atoms with Gasteiger partial charge < -0.3 is 29.8 Å². The molecule has 0 bridgehead atoms. The maximum Gasteiger partial charge on any atom is 0.407 e. The van der Waals surface area contributed by atoms with E-state index in [2.05, 4.69) is 45.4 Å². The molecule has 3 N–H and O–H groups in total. The fourth-order valence-corrected chi connectivity index (χ4v) is 4.91. The maximum atomic E-state index is 11.6. The van der Waals surface area contributed by atoms with Crippen LogP contribution in [0.25, 0.3) is 33.3 Å². The molecule has 172 valence electrons. The van der Waals surface area contributed by atoms with Crippen molar-refractivity contribution in [2.24, 2.45) is 7.05 Å². The summed E-state index contributed by atoms with van der Waals surface area (Å²) in [6.07, 6.45) is 2.58. The van der Waals surface area contributed by atoms with E-state index in [1.807, 2.05) is 37.1 Å². The van der Waals surface area contributed by atoms with Gasteiger partial charge in [-0.05, 0) is 38.1 Å². The number of hydrogen-bond acceptors (Lipinski definition) is 5. The lowest BCUT2D eigenvalue weighted by atomic mass is 9.97. The first-order valence-corrected chi connectivity index (χ1v) is 11.2. The Balaban J connectivity index is 1.56. The Morgan fingerprint density at radius 3 is 2.88 bits per heavy atom. The summed E-state index contributed by atoms with van der Waals surface area (Å²) < 4.78 is 2.02. The van der Waals surface area contributed by atoms with Crippen molar-refractivity contribution in [1.82, 2.24) is 29.3 Å². The summed E-state index contributed by atoms with van der Waals surface area (Å²) in [5.41, 5.74) is 5.98. The summed E-state index contributed by atoms with van der Waals surface area (Å²) in [6.45, 7) is 1.98. The van der Waals surface area contributed by atoms with Gasteiger partial charge in [-0.1, -0.05) is 24.3 Å². The van der Waals surface area contributed by atoms with Gasteiger partial charge in [0, 0.05) is 49.9 Å². The molecule has 0 aliphatic carbocycles. The third-order valence-corrected chi connectivity index (χ3v) is 6.70. The molecule has 4 heterocycles. The lowest BCUT2D eigenvalue weighted by molar-refractivity contribution is 0.138. The minimum absolute atomic E-state index is 0.118. The Bertz CT molecular complexity index is 1330. The summed E-state index contributed by atoms with van der Waals surface area (Å²) in [4.78, 5) is 28.3. The number of likely N-dealkylation sites (N-methyl/N-ethyl adjacent to an activating group) is 1. The quantitative estimate of drug-likeness (QED) is 0.443. The molecule has 33 heavy (non-hydrogen) atoms. The maximum absolute atomic E-state index is 11.6. The Labute approximate surface area is 192 Å². The van der Waals surface area contributed by atoms with E-state index in [9.17, 15) is 9.90 Å². The molecular formula is C24H29N7O2. The van der Waals surface area contributed by atoms with Crippen molar-refractivity contribution in [3.05, 3.63) is 42.2 Å². The van der Waals surface area contributed by atoms with Crippen LogP contribution in [0.1, 0.15) is 12.0 Å². The van der Waals surface area contributed by atoms with Crippen molar-refractivity contribution in [3.8, 4) is 11.3 Å². The SMILES string of the molecule is CNc1nc2[nH]c(-c3ccccc3CC3CN(C(=O)O)CCCN3C)cc2c2c1ncn2C. The van der Waals surface area contributed by atoms with Crippen LogP contribution < -0.4 is 5.32 Å². The molecule has 1 fully saturated rings. The standard InChI is InChI=1S/C24H29N7O2/c1-25-23-20-21(30(3)14-26-20)18-12-19(27-22(18)28-23)17-8-5-4-7-15(17)11-16-13-31(24(32)33)10-6-9-29(16)2/h4-5,7-8,12,14,16H,6,9-11,13H2,1-3H3,(H,32,33)(H2,25,27,28). The van der Waals surface area contributed by atoms with E-state index in [-0.39, 0.29) is 6.04 Å². The number of pyridine rings is 1. The van der Waals surface area contributed by atoms with Crippen molar-refractivity contribution in [2.45, 2.75) is 18.9 Å². The Morgan fingerprint density at radius 1 is 1.27 bits per heavy atom. The number of fused-ring (bicyclic) bond motifs is 3. The highest BCUT2D eigenvalue weighted by atomic mass is 16.4. The minimum Gasteiger partial charge on any atom is -0.465 e. The predicted molar refractivity (Wildman–Crippen MR) is 130 cm³/mol. The second-order valence-electron chi connectivity index (χ2n) is 8.79. The monoisotopic (exact) mass is 447 g/mol. The molecule has 1 atom stereocenters. The summed E-state index contributed by atoms with van der Waals surface area (Å²) in [5, 5.41) is 13.7. The number of rotatable bonds is 4. The number of benzene rings is 1. The van der Waals surface area contributed by atoms with E-state index in [1.165, 1.54) is 5.56 Å². The number of carbonyl (C=O) groups is 1. The lowest BCUT2D eigenvalue weighted by Crippen LogP contribution is -2.42. The van der Waals surface area contributed by atoms with Gasteiger partial charge in [0.1, 0.15) is 11.2 Å². The molecule has 1 aliphatic heterocycles. The molecule has 9 nitrogen and oxygen atoms in total. The van der Waals surface area contributed by atoms with Gasteiger partial charge in [0.05, 0.1) is 11.8 Å². The van der Waals surface area contributed by atoms with Gasteiger partial charge in [0.2, 0.25) is 0 Å². The van der Waals surface area contributed by atoms with Crippen molar-refractivity contribution in [1.29, 1.82) is 0 Å². The average molecular weight is 448 g/mol. The van der Waals surface area contributed by atoms with Crippen LogP contribution in [0.4, 0.5) is 10.6 Å². The van der Waals surface area contributed by atoms with Crippen LogP contribution in [0.5, 0.6) is 0 Å². The van der Waals surface area contributed by atoms with E-state index >= 15 is 0 Å². The summed E-state index contributed by atoms with van der Waals surface area (Å²) >= 11 is 0. The molecule has 1 amide bonds. The van der Waals surface area contributed by atoms with Crippen LogP contribution in [0.2, 0.25) is 0 Å². The van der Waals surface area contributed by atoms with E-state index in [4.69, 9.17) is 4.98 Å². The number of imidazole rings is 1.